The van der Waals surface area contributed by atoms with E-state index in [1.54, 1.807) is 19.2 Å². The molecule has 0 aliphatic heterocycles. The number of rotatable bonds is 2. The molecule has 0 N–H and O–H groups in total. The van der Waals surface area contributed by atoms with Gasteiger partial charge in [0.15, 0.2) is 5.58 Å². The van der Waals surface area contributed by atoms with Gasteiger partial charge in [-0.1, -0.05) is 0 Å². The molecule has 2 aromatic heterocycles. The van der Waals surface area contributed by atoms with Gasteiger partial charge in [0.1, 0.15) is 5.52 Å². The van der Waals surface area contributed by atoms with Crippen LogP contribution in [0.3, 0.4) is 0 Å². The topological polar surface area (TPSA) is 65.2 Å². The summed E-state index contributed by atoms with van der Waals surface area (Å²) in [5.41, 5.74) is 1.08. The minimum absolute atomic E-state index is 0.0325. The van der Waals surface area contributed by atoms with Crippen LogP contribution in [0, 0.1) is 0 Å². The fraction of sp³-hybridized carbons (Fsp3) is 0.222. The normalized spacial score (nSPS) is 10.4. The molecule has 0 aliphatic carbocycles. The van der Waals surface area contributed by atoms with Gasteiger partial charge in [0, 0.05) is 12.3 Å². The standard InChI is InChI=1S/C9H8N2O3/c1-2-13-9(12)8-11-6-5-10-4-3-7(6)14-8/h3-5H,2H2,1H3. The molecule has 0 radical (unpaired) electrons. The number of carbonyl (C=O) groups is 1. The fourth-order valence-electron chi connectivity index (χ4n) is 1.06. The Morgan fingerprint density at radius 1 is 1.64 bits per heavy atom. The van der Waals surface area contributed by atoms with E-state index >= 15 is 0 Å². The van der Waals surface area contributed by atoms with Crippen molar-refractivity contribution in [3.63, 3.8) is 0 Å². The minimum Gasteiger partial charge on any atom is -0.459 e. The molecule has 2 heterocycles. The lowest BCUT2D eigenvalue weighted by atomic mass is 10.4. The van der Waals surface area contributed by atoms with E-state index in [1.165, 1.54) is 6.20 Å². The van der Waals surface area contributed by atoms with E-state index in [-0.39, 0.29) is 5.89 Å². The first kappa shape index (κ1) is 8.68. The molecule has 5 nitrogen and oxygen atoms in total. The van der Waals surface area contributed by atoms with E-state index in [0.717, 1.165) is 0 Å². The molecule has 0 bridgehead atoms. The second-order valence-electron chi connectivity index (χ2n) is 2.58. The van der Waals surface area contributed by atoms with Crippen LogP contribution in [0.4, 0.5) is 0 Å². The molecular weight excluding hydrogens is 184 g/mol. The van der Waals surface area contributed by atoms with Gasteiger partial charge in [0.2, 0.25) is 0 Å². The monoisotopic (exact) mass is 192 g/mol. The van der Waals surface area contributed by atoms with E-state index < -0.39 is 5.97 Å². The fourth-order valence-corrected chi connectivity index (χ4v) is 1.06. The number of hydrogen-bond acceptors (Lipinski definition) is 5. The quantitative estimate of drug-likeness (QED) is 0.673. The minimum atomic E-state index is -0.552. The van der Waals surface area contributed by atoms with Crippen LogP contribution in [-0.4, -0.2) is 22.5 Å². The lowest BCUT2D eigenvalue weighted by Gasteiger charge is -1.94. The lowest BCUT2D eigenvalue weighted by molar-refractivity contribution is 0.0483. The molecule has 5 heteroatoms. The Morgan fingerprint density at radius 3 is 3.21 bits per heavy atom. The van der Waals surface area contributed by atoms with Crippen molar-refractivity contribution in [2.24, 2.45) is 0 Å². The average molecular weight is 192 g/mol. The highest BCUT2D eigenvalue weighted by molar-refractivity contribution is 5.87. The van der Waals surface area contributed by atoms with Crippen LogP contribution in [0.1, 0.15) is 17.6 Å². The molecule has 72 valence electrons. The van der Waals surface area contributed by atoms with Crippen molar-refractivity contribution in [3.05, 3.63) is 24.4 Å². The summed E-state index contributed by atoms with van der Waals surface area (Å²) in [5, 5.41) is 0. The largest absolute Gasteiger partial charge is 0.459 e. The summed E-state index contributed by atoms with van der Waals surface area (Å²) in [6.45, 7) is 2.03. The van der Waals surface area contributed by atoms with Crippen molar-refractivity contribution in [2.45, 2.75) is 6.92 Å². The number of aromatic nitrogens is 2. The second-order valence-corrected chi connectivity index (χ2v) is 2.58. The Kier molecular flexibility index (Phi) is 2.14. The third-order valence-electron chi connectivity index (χ3n) is 1.64. The molecule has 0 amide bonds. The van der Waals surface area contributed by atoms with Gasteiger partial charge in [-0.2, -0.15) is 0 Å². The van der Waals surface area contributed by atoms with Crippen molar-refractivity contribution in [1.82, 2.24) is 9.97 Å². The van der Waals surface area contributed by atoms with Crippen molar-refractivity contribution >= 4 is 17.1 Å². The highest BCUT2D eigenvalue weighted by atomic mass is 16.5. The molecule has 0 saturated heterocycles. The average Bonchev–Trinajstić information content (AvgIpc) is 2.61. The number of ether oxygens (including phenoxy) is 1. The Morgan fingerprint density at radius 2 is 2.50 bits per heavy atom. The zero-order chi connectivity index (χ0) is 9.97. The molecular formula is C9H8N2O3. The van der Waals surface area contributed by atoms with Crippen LogP contribution in [-0.2, 0) is 4.74 Å². The van der Waals surface area contributed by atoms with Gasteiger partial charge in [0.25, 0.3) is 0 Å². The van der Waals surface area contributed by atoms with Gasteiger partial charge >= 0.3 is 11.9 Å². The molecule has 0 aliphatic rings. The summed E-state index contributed by atoms with van der Waals surface area (Å²) in [4.78, 5) is 19.0. The van der Waals surface area contributed by atoms with E-state index in [1.807, 2.05) is 0 Å². The maximum absolute atomic E-state index is 11.2. The third-order valence-corrected chi connectivity index (χ3v) is 1.64. The van der Waals surface area contributed by atoms with Crippen molar-refractivity contribution in [1.29, 1.82) is 0 Å². The van der Waals surface area contributed by atoms with Crippen molar-refractivity contribution in [2.75, 3.05) is 6.61 Å². The second kappa shape index (κ2) is 3.45. The van der Waals surface area contributed by atoms with E-state index in [0.29, 0.717) is 17.7 Å². The number of pyridine rings is 1. The van der Waals surface area contributed by atoms with Crippen LogP contribution in [0.5, 0.6) is 0 Å². The molecule has 0 aromatic carbocycles. The predicted molar refractivity (Wildman–Crippen MR) is 47.8 cm³/mol. The summed E-state index contributed by atoms with van der Waals surface area (Å²) in [6, 6.07) is 1.64. The van der Waals surface area contributed by atoms with Crippen molar-refractivity contribution in [3.8, 4) is 0 Å². The van der Waals surface area contributed by atoms with Gasteiger partial charge in [-0.25, -0.2) is 9.78 Å². The first-order valence-corrected chi connectivity index (χ1v) is 4.19. The molecule has 2 rings (SSSR count). The molecule has 0 unspecified atom stereocenters. The maximum atomic E-state index is 11.2. The van der Waals surface area contributed by atoms with Crippen LogP contribution >= 0.6 is 0 Å². The van der Waals surface area contributed by atoms with E-state index in [9.17, 15) is 4.79 Å². The van der Waals surface area contributed by atoms with Gasteiger partial charge in [-0.3, -0.25) is 4.98 Å². The number of fused-ring (bicyclic) bond motifs is 1. The van der Waals surface area contributed by atoms with Crippen molar-refractivity contribution < 1.29 is 13.9 Å². The number of hydrogen-bond donors (Lipinski definition) is 0. The summed E-state index contributed by atoms with van der Waals surface area (Å²) < 4.78 is 9.90. The molecule has 14 heavy (non-hydrogen) atoms. The number of carbonyl (C=O) groups excluding carboxylic acids is 1. The zero-order valence-corrected chi connectivity index (χ0v) is 7.56. The first-order chi connectivity index (χ1) is 6.81. The van der Waals surface area contributed by atoms with Crippen LogP contribution in [0.15, 0.2) is 22.9 Å². The SMILES string of the molecule is CCOC(=O)c1nc2cnccc2o1. The van der Waals surface area contributed by atoms with E-state index in [4.69, 9.17) is 9.15 Å². The van der Waals surface area contributed by atoms with Gasteiger partial charge in [0.05, 0.1) is 12.8 Å². The summed E-state index contributed by atoms with van der Waals surface area (Å²) in [5.74, 6) is -0.585. The molecule has 0 atom stereocenters. The maximum Gasteiger partial charge on any atom is 0.394 e. The Labute approximate surface area is 79.7 Å². The first-order valence-electron chi connectivity index (χ1n) is 4.19. The summed E-state index contributed by atoms with van der Waals surface area (Å²) in [7, 11) is 0. The van der Waals surface area contributed by atoms with Crippen LogP contribution in [0.25, 0.3) is 11.1 Å². The third kappa shape index (κ3) is 1.44. The number of nitrogens with zero attached hydrogens (tertiary/aromatic N) is 2. The zero-order valence-electron chi connectivity index (χ0n) is 7.56. The smallest absolute Gasteiger partial charge is 0.394 e. The molecule has 0 spiro atoms. The Bertz CT molecular complexity index is 431. The highest BCUT2D eigenvalue weighted by Gasteiger charge is 2.14. The highest BCUT2D eigenvalue weighted by Crippen LogP contribution is 2.13. The summed E-state index contributed by atoms with van der Waals surface area (Å²) >= 11 is 0. The lowest BCUT2D eigenvalue weighted by Crippen LogP contribution is -2.04. The molecule has 2 aromatic rings. The number of oxazole rings is 1. The Hall–Kier alpha value is -1.91. The van der Waals surface area contributed by atoms with Gasteiger partial charge in [-0.15, -0.1) is 0 Å². The Balaban J connectivity index is 2.40. The summed E-state index contributed by atoms with van der Waals surface area (Å²) in [6.07, 6.45) is 3.10. The predicted octanol–water partition coefficient (Wildman–Crippen LogP) is 1.40. The van der Waals surface area contributed by atoms with Gasteiger partial charge < -0.3 is 9.15 Å². The van der Waals surface area contributed by atoms with Crippen LogP contribution < -0.4 is 0 Å². The van der Waals surface area contributed by atoms with Crippen LogP contribution in [0.2, 0.25) is 0 Å². The van der Waals surface area contributed by atoms with Gasteiger partial charge in [-0.05, 0) is 6.92 Å². The van der Waals surface area contributed by atoms with E-state index in [2.05, 4.69) is 9.97 Å². The molecule has 0 saturated carbocycles. The molecule has 0 fully saturated rings. The number of esters is 1.